The molecule has 2 aromatic carbocycles. The first kappa shape index (κ1) is 15.6. The number of amides is 1. The molecule has 0 aromatic heterocycles. The third-order valence-corrected chi connectivity index (χ3v) is 4.58. The van der Waals surface area contributed by atoms with Crippen LogP contribution in [0.25, 0.3) is 0 Å². The third-order valence-electron chi connectivity index (χ3n) is 4.58. The van der Waals surface area contributed by atoms with Crippen molar-refractivity contribution in [3.8, 4) is 5.75 Å². The molecule has 2 atom stereocenters. The van der Waals surface area contributed by atoms with Gasteiger partial charge in [0.2, 0.25) is 0 Å². The molecule has 1 saturated carbocycles. The molecule has 1 N–H and O–H groups in total. The zero-order valence-electron chi connectivity index (χ0n) is 13.7. The molecule has 23 heavy (non-hydrogen) atoms. The molecule has 0 heterocycles. The van der Waals surface area contributed by atoms with Crippen LogP contribution in [0.15, 0.2) is 54.6 Å². The van der Waals surface area contributed by atoms with Gasteiger partial charge in [0.15, 0.2) is 0 Å². The molecular weight excluding hydrogens is 286 g/mol. The molecule has 2 aromatic rings. The SMILES string of the molecule is C[C@@H](NC(=O)Oc1ccccc1[C@H](C)C1CC1)c1ccccc1. The zero-order chi connectivity index (χ0) is 16.2. The lowest BCUT2D eigenvalue weighted by Gasteiger charge is -2.18. The van der Waals surface area contributed by atoms with Gasteiger partial charge in [0.1, 0.15) is 5.75 Å². The maximum atomic E-state index is 12.2. The van der Waals surface area contributed by atoms with Crippen molar-refractivity contribution in [2.24, 2.45) is 5.92 Å². The molecule has 3 rings (SSSR count). The standard InChI is InChI=1S/C20H23NO2/c1-14(16-12-13-16)18-10-6-7-11-19(18)23-20(22)21-15(2)17-8-4-3-5-9-17/h3-11,14-16H,12-13H2,1-2H3,(H,21,22)/t14-,15-/m1/s1. The lowest BCUT2D eigenvalue weighted by Crippen LogP contribution is -2.29. The predicted octanol–water partition coefficient (Wildman–Crippen LogP) is 5.05. The van der Waals surface area contributed by atoms with Gasteiger partial charge in [0, 0.05) is 0 Å². The van der Waals surface area contributed by atoms with Gasteiger partial charge < -0.3 is 10.1 Å². The Balaban J connectivity index is 1.66. The number of hydrogen-bond acceptors (Lipinski definition) is 2. The molecule has 0 saturated heterocycles. The Kier molecular flexibility index (Phi) is 4.65. The van der Waals surface area contributed by atoms with E-state index in [4.69, 9.17) is 4.74 Å². The fourth-order valence-electron chi connectivity index (χ4n) is 2.93. The largest absolute Gasteiger partial charge is 0.413 e. The number of carbonyl (C=O) groups is 1. The number of benzene rings is 2. The Bertz CT molecular complexity index is 664. The van der Waals surface area contributed by atoms with Crippen LogP contribution in [0.3, 0.4) is 0 Å². The molecule has 0 bridgehead atoms. The molecule has 1 amide bonds. The van der Waals surface area contributed by atoms with Crippen molar-refractivity contribution in [2.45, 2.75) is 38.6 Å². The van der Waals surface area contributed by atoms with E-state index in [1.165, 1.54) is 12.8 Å². The monoisotopic (exact) mass is 309 g/mol. The highest BCUT2D eigenvalue weighted by atomic mass is 16.6. The number of hydrogen-bond donors (Lipinski definition) is 1. The average Bonchev–Trinajstić information content (AvgIpc) is 3.40. The highest BCUT2D eigenvalue weighted by Gasteiger charge is 2.30. The Morgan fingerprint density at radius 2 is 1.70 bits per heavy atom. The zero-order valence-corrected chi connectivity index (χ0v) is 13.7. The molecular formula is C20H23NO2. The number of carbonyl (C=O) groups excluding carboxylic acids is 1. The van der Waals surface area contributed by atoms with Crippen LogP contribution in [0.4, 0.5) is 4.79 Å². The number of para-hydroxylation sites is 1. The van der Waals surface area contributed by atoms with Crippen LogP contribution in [0.2, 0.25) is 0 Å². The van der Waals surface area contributed by atoms with Crippen molar-refractivity contribution in [1.29, 1.82) is 0 Å². The quantitative estimate of drug-likeness (QED) is 0.839. The Morgan fingerprint density at radius 3 is 2.39 bits per heavy atom. The van der Waals surface area contributed by atoms with E-state index < -0.39 is 6.09 Å². The molecule has 1 aliphatic carbocycles. The molecule has 120 valence electrons. The van der Waals surface area contributed by atoms with Crippen molar-refractivity contribution >= 4 is 6.09 Å². The third kappa shape index (κ3) is 3.92. The van der Waals surface area contributed by atoms with Gasteiger partial charge >= 0.3 is 6.09 Å². The van der Waals surface area contributed by atoms with Crippen LogP contribution in [0, 0.1) is 5.92 Å². The van der Waals surface area contributed by atoms with Crippen molar-refractivity contribution in [3.05, 3.63) is 65.7 Å². The Labute approximate surface area is 137 Å². The summed E-state index contributed by atoms with van der Waals surface area (Å²) < 4.78 is 5.59. The van der Waals surface area contributed by atoms with Crippen LogP contribution in [0.1, 0.15) is 49.8 Å². The molecule has 0 aliphatic heterocycles. The molecule has 3 nitrogen and oxygen atoms in total. The van der Waals surface area contributed by atoms with Gasteiger partial charge in [-0.05, 0) is 48.8 Å². The Hall–Kier alpha value is -2.29. The number of nitrogens with one attached hydrogen (secondary N) is 1. The summed E-state index contributed by atoms with van der Waals surface area (Å²) in [5, 5.41) is 2.89. The summed E-state index contributed by atoms with van der Waals surface area (Å²) >= 11 is 0. The molecule has 0 spiro atoms. The van der Waals surface area contributed by atoms with Crippen LogP contribution < -0.4 is 10.1 Å². The van der Waals surface area contributed by atoms with E-state index in [0.29, 0.717) is 11.7 Å². The molecule has 1 aliphatic rings. The molecule has 0 radical (unpaired) electrons. The minimum absolute atomic E-state index is 0.0864. The molecule has 3 heteroatoms. The lowest BCUT2D eigenvalue weighted by atomic mass is 9.95. The van der Waals surface area contributed by atoms with Crippen LogP contribution >= 0.6 is 0 Å². The Morgan fingerprint density at radius 1 is 1.04 bits per heavy atom. The summed E-state index contributed by atoms with van der Waals surface area (Å²) in [6.45, 7) is 4.17. The summed E-state index contributed by atoms with van der Waals surface area (Å²) in [5.41, 5.74) is 2.18. The van der Waals surface area contributed by atoms with E-state index in [9.17, 15) is 4.79 Å². The highest BCUT2D eigenvalue weighted by Crippen LogP contribution is 2.44. The fourth-order valence-corrected chi connectivity index (χ4v) is 2.93. The summed E-state index contributed by atoms with van der Waals surface area (Å²) in [7, 11) is 0. The smallest absolute Gasteiger partial charge is 0.410 e. The van der Waals surface area contributed by atoms with E-state index in [0.717, 1.165) is 17.0 Å². The van der Waals surface area contributed by atoms with E-state index in [2.05, 4.69) is 18.3 Å². The van der Waals surface area contributed by atoms with Gasteiger partial charge in [-0.25, -0.2) is 4.79 Å². The average molecular weight is 309 g/mol. The lowest BCUT2D eigenvalue weighted by molar-refractivity contribution is 0.196. The highest BCUT2D eigenvalue weighted by molar-refractivity contribution is 5.71. The first-order chi connectivity index (χ1) is 11.1. The van der Waals surface area contributed by atoms with E-state index in [1.807, 2.05) is 55.5 Å². The topological polar surface area (TPSA) is 38.3 Å². The summed E-state index contributed by atoms with van der Waals surface area (Å²) in [6.07, 6.45) is 2.14. The second-order valence-corrected chi connectivity index (χ2v) is 6.33. The fraction of sp³-hybridized carbons (Fsp3) is 0.350. The van der Waals surface area contributed by atoms with Crippen LogP contribution in [0.5, 0.6) is 5.75 Å². The normalized spacial score (nSPS) is 16.4. The number of ether oxygens (including phenoxy) is 1. The first-order valence-corrected chi connectivity index (χ1v) is 8.27. The predicted molar refractivity (Wildman–Crippen MR) is 91.6 cm³/mol. The minimum Gasteiger partial charge on any atom is -0.410 e. The van der Waals surface area contributed by atoms with Gasteiger partial charge in [0.05, 0.1) is 6.04 Å². The maximum absolute atomic E-state index is 12.2. The van der Waals surface area contributed by atoms with Crippen LogP contribution in [-0.2, 0) is 0 Å². The van der Waals surface area contributed by atoms with Gasteiger partial charge in [-0.2, -0.15) is 0 Å². The molecule has 0 unspecified atom stereocenters. The summed E-state index contributed by atoms with van der Waals surface area (Å²) in [6, 6.07) is 17.6. The second-order valence-electron chi connectivity index (χ2n) is 6.33. The van der Waals surface area contributed by atoms with Gasteiger partial charge in [-0.15, -0.1) is 0 Å². The van der Waals surface area contributed by atoms with Crippen LogP contribution in [-0.4, -0.2) is 6.09 Å². The van der Waals surface area contributed by atoms with E-state index >= 15 is 0 Å². The van der Waals surface area contributed by atoms with Crippen molar-refractivity contribution in [1.82, 2.24) is 5.32 Å². The summed E-state index contributed by atoms with van der Waals surface area (Å²) in [5.74, 6) is 1.83. The second kappa shape index (κ2) is 6.86. The van der Waals surface area contributed by atoms with Gasteiger partial charge in [-0.3, -0.25) is 0 Å². The van der Waals surface area contributed by atoms with Crippen molar-refractivity contribution < 1.29 is 9.53 Å². The number of rotatable bonds is 5. The van der Waals surface area contributed by atoms with Crippen molar-refractivity contribution in [3.63, 3.8) is 0 Å². The van der Waals surface area contributed by atoms with E-state index in [-0.39, 0.29) is 6.04 Å². The van der Waals surface area contributed by atoms with E-state index in [1.54, 1.807) is 0 Å². The maximum Gasteiger partial charge on any atom is 0.413 e. The summed E-state index contributed by atoms with van der Waals surface area (Å²) in [4.78, 5) is 12.2. The van der Waals surface area contributed by atoms with Gasteiger partial charge in [-0.1, -0.05) is 55.5 Å². The van der Waals surface area contributed by atoms with Gasteiger partial charge in [0.25, 0.3) is 0 Å². The first-order valence-electron chi connectivity index (χ1n) is 8.27. The van der Waals surface area contributed by atoms with Crippen molar-refractivity contribution in [2.75, 3.05) is 0 Å². The minimum atomic E-state index is -0.406. The molecule has 1 fully saturated rings.